The second-order valence-corrected chi connectivity index (χ2v) is 5.41. The van der Waals surface area contributed by atoms with Crippen LogP contribution in [-0.2, 0) is 9.59 Å². The van der Waals surface area contributed by atoms with Gasteiger partial charge in [-0.05, 0) is 43.7 Å². The van der Waals surface area contributed by atoms with Crippen LogP contribution in [0.1, 0.15) is 17.0 Å². The number of hydrogen-bond acceptors (Lipinski definition) is 3. The van der Waals surface area contributed by atoms with Gasteiger partial charge < -0.3 is 4.57 Å². The van der Waals surface area contributed by atoms with Gasteiger partial charge in [-0.3, -0.25) is 20.2 Å². The predicted octanol–water partition coefficient (Wildman–Crippen LogP) is 1.98. The normalized spacial score (nSPS) is 14.5. The molecule has 4 amide bonds. The van der Waals surface area contributed by atoms with Crippen LogP contribution in [0, 0.1) is 19.7 Å². The molecule has 0 aliphatic carbocycles. The number of benzene rings is 1. The maximum Gasteiger partial charge on any atom is 0.328 e. The average molecular weight is 327 g/mol. The van der Waals surface area contributed by atoms with Gasteiger partial charge >= 0.3 is 6.03 Å². The van der Waals surface area contributed by atoms with Crippen LogP contribution in [0.4, 0.5) is 9.18 Å². The fourth-order valence-electron chi connectivity index (χ4n) is 2.70. The third-order valence-electron chi connectivity index (χ3n) is 3.81. The smallest absolute Gasteiger partial charge is 0.315 e. The van der Waals surface area contributed by atoms with E-state index < -0.39 is 17.8 Å². The van der Waals surface area contributed by atoms with Crippen LogP contribution in [-0.4, -0.2) is 22.4 Å². The number of aryl methyl sites for hydroxylation is 1. The van der Waals surface area contributed by atoms with Crippen LogP contribution < -0.4 is 10.6 Å². The Labute approximate surface area is 137 Å². The fourth-order valence-corrected chi connectivity index (χ4v) is 2.70. The van der Waals surface area contributed by atoms with E-state index in [1.807, 2.05) is 10.6 Å². The van der Waals surface area contributed by atoms with E-state index in [1.165, 1.54) is 12.1 Å². The van der Waals surface area contributed by atoms with Gasteiger partial charge in [-0.2, -0.15) is 0 Å². The van der Waals surface area contributed by atoms with Gasteiger partial charge in [0.2, 0.25) is 0 Å². The third-order valence-corrected chi connectivity index (χ3v) is 3.81. The summed E-state index contributed by atoms with van der Waals surface area (Å²) >= 11 is 0. The lowest BCUT2D eigenvalue weighted by molar-refractivity contribution is -0.123. The summed E-state index contributed by atoms with van der Waals surface area (Å²) in [5.41, 5.74) is 2.21. The Bertz CT molecular complexity index is 890. The molecule has 2 heterocycles. The molecule has 0 spiro atoms. The van der Waals surface area contributed by atoms with Crippen LogP contribution in [0.25, 0.3) is 11.8 Å². The fraction of sp³-hybridized carbons (Fsp3) is 0.118. The number of para-hydroxylation sites is 1. The molecule has 1 aromatic heterocycles. The van der Waals surface area contributed by atoms with Gasteiger partial charge in [0, 0.05) is 11.4 Å². The van der Waals surface area contributed by atoms with Crippen LogP contribution in [0.15, 0.2) is 35.9 Å². The number of nitrogens with zero attached hydrogens (tertiary/aromatic N) is 1. The van der Waals surface area contributed by atoms with E-state index in [9.17, 15) is 18.8 Å². The molecule has 0 atom stereocenters. The molecule has 1 aliphatic heterocycles. The average Bonchev–Trinajstić information content (AvgIpc) is 2.78. The SMILES string of the molecule is Cc1cc(C=C2C(=O)NC(=O)NC2=O)c(C)n1-c1ccccc1F. The highest BCUT2D eigenvalue weighted by Crippen LogP contribution is 2.24. The minimum Gasteiger partial charge on any atom is -0.315 e. The zero-order valence-electron chi connectivity index (χ0n) is 13.0. The summed E-state index contributed by atoms with van der Waals surface area (Å²) < 4.78 is 15.8. The zero-order chi connectivity index (χ0) is 17.4. The van der Waals surface area contributed by atoms with Gasteiger partial charge in [0.05, 0.1) is 5.69 Å². The molecule has 3 rings (SSSR count). The Balaban J connectivity index is 2.09. The standard InChI is InChI=1S/C17H14FN3O3/c1-9-7-11(8-12-15(22)19-17(24)20-16(12)23)10(2)21(9)14-6-4-3-5-13(14)18/h3-8H,1-2H3,(H2,19,20,22,23,24). The molecule has 7 heteroatoms. The lowest BCUT2D eigenvalue weighted by Gasteiger charge is -2.14. The molecule has 2 N–H and O–H groups in total. The molecule has 0 saturated carbocycles. The molecule has 1 aromatic carbocycles. The molecule has 2 aromatic rings. The van der Waals surface area contributed by atoms with Crippen molar-refractivity contribution < 1.29 is 18.8 Å². The van der Waals surface area contributed by atoms with Crippen molar-refractivity contribution in [3.63, 3.8) is 0 Å². The highest BCUT2D eigenvalue weighted by atomic mass is 19.1. The maximum absolute atomic E-state index is 14.1. The van der Waals surface area contributed by atoms with Crippen molar-refractivity contribution >= 4 is 23.9 Å². The number of carbonyl (C=O) groups excluding carboxylic acids is 3. The van der Waals surface area contributed by atoms with Crippen molar-refractivity contribution in [3.05, 3.63) is 58.7 Å². The molecule has 0 bridgehead atoms. The first-order valence-electron chi connectivity index (χ1n) is 7.20. The lowest BCUT2D eigenvalue weighted by atomic mass is 10.1. The van der Waals surface area contributed by atoms with Crippen molar-refractivity contribution in [3.8, 4) is 5.69 Å². The van der Waals surface area contributed by atoms with E-state index in [0.717, 1.165) is 5.69 Å². The number of aromatic nitrogens is 1. The first kappa shape index (κ1) is 15.7. The number of nitrogens with one attached hydrogen (secondary N) is 2. The summed E-state index contributed by atoms with van der Waals surface area (Å²) in [4.78, 5) is 34.7. The Hall–Kier alpha value is -3.22. The van der Waals surface area contributed by atoms with Gasteiger partial charge in [-0.15, -0.1) is 0 Å². The first-order chi connectivity index (χ1) is 11.4. The van der Waals surface area contributed by atoms with E-state index >= 15 is 0 Å². The summed E-state index contributed by atoms with van der Waals surface area (Å²) in [5.74, 6) is -1.91. The van der Waals surface area contributed by atoms with Crippen molar-refractivity contribution in [2.45, 2.75) is 13.8 Å². The summed E-state index contributed by atoms with van der Waals surface area (Å²) in [7, 11) is 0. The van der Waals surface area contributed by atoms with Crippen molar-refractivity contribution in [1.29, 1.82) is 0 Å². The Morgan fingerprint density at radius 1 is 1.04 bits per heavy atom. The van der Waals surface area contributed by atoms with Crippen molar-refractivity contribution in [2.24, 2.45) is 0 Å². The molecule has 0 radical (unpaired) electrons. The molecule has 1 saturated heterocycles. The topological polar surface area (TPSA) is 80.2 Å². The molecule has 6 nitrogen and oxygen atoms in total. The maximum atomic E-state index is 14.1. The lowest BCUT2D eigenvalue weighted by Crippen LogP contribution is -2.51. The number of hydrogen-bond donors (Lipinski definition) is 2. The molecule has 1 fully saturated rings. The van der Waals surface area contributed by atoms with Crippen molar-refractivity contribution in [1.82, 2.24) is 15.2 Å². The highest BCUT2D eigenvalue weighted by molar-refractivity contribution is 6.31. The summed E-state index contributed by atoms with van der Waals surface area (Å²) in [6.45, 7) is 3.56. The van der Waals surface area contributed by atoms with Gasteiger partial charge in [0.15, 0.2) is 0 Å². The molecular formula is C17H14FN3O3. The Kier molecular flexibility index (Phi) is 3.76. The minimum atomic E-state index is -0.848. The number of urea groups is 1. The molecular weight excluding hydrogens is 313 g/mol. The predicted molar refractivity (Wildman–Crippen MR) is 84.9 cm³/mol. The third kappa shape index (κ3) is 2.60. The van der Waals surface area contributed by atoms with E-state index in [-0.39, 0.29) is 11.4 Å². The largest absolute Gasteiger partial charge is 0.328 e. The minimum absolute atomic E-state index is 0.177. The summed E-state index contributed by atoms with van der Waals surface area (Å²) in [6.07, 6.45) is 1.39. The highest BCUT2D eigenvalue weighted by Gasteiger charge is 2.28. The number of amides is 4. The van der Waals surface area contributed by atoms with E-state index in [0.29, 0.717) is 16.9 Å². The van der Waals surface area contributed by atoms with E-state index in [4.69, 9.17) is 0 Å². The number of imide groups is 2. The van der Waals surface area contributed by atoms with E-state index in [1.54, 1.807) is 42.7 Å². The monoisotopic (exact) mass is 327 g/mol. The number of halogens is 1. The van der Waals surface area contributed by atoms with Gasteiger partial charge in [-0.25, -0.2) is 9.18 Å². The number of carbonyl (C=O) groups is 3. The summed E-state index contributed by atoms with van der Waals surface area (Å²) in [5, 5.41) is 4.03. The molecule has 0 unspecified atom stereocenters. The quantitative estimate of drug-likeness (QED) is 0.654. The van der Waals surface area contributed by atoms with Gasteiger partial charge in [0.25, 0.3) is 11.8 Å². The molecule has 122 valence electrons. The summed E-state index contributed by atoms with van der Waals surface area (Å²) in [6, 6.07) is 7.22. The van der Waals surface area contributed by atoms with Gasteiger partial charge in [-0.1, -0.05) is 12.1 Å². The van der Waals surface area contributed by atoms with Crippen LogP contribution >= 0.6 is 0 Å². The zero-order valence-corrected chi connectivity index (χ0v) is 13.0. The molecule has 24 heavy (non-hydrogen) atoms. The molecule has 1 aliphatic rings. The number of barbiturate groups is 1. The second-order valence-electron chi connectivity index (χ2n) is 5.41. The second kappa shape index (κ2) is 5.77. The van der Waals surface area contributed by atoms with E-state index in [2.05, 4.69) is 0 Å². The Morgan fingerprint density at radius 2 is 1.67 bits per heavy atom. The Morgan fingerprint density at radius 3 is 2.29 bits per heavy atom. The first-order valence-corrected chi connectivity index (χ1v) is 7.20. The number of rotatable bonds is 2. The van der Waals surface area contributed by atoms with Crippen LogP contribution in [0.2, 0.25) is 0 Å². The van der Waals surface area contributed by atoms with Crippen molar-refractivity contribution in [2.75, 3.05) is 0 Å². The van der Waals surface area contributed by atoms with Crippen LogP contribution in [0.5, 0.6) is 0 Å². The van der Waals surface area contributed by atoms with Gasteiger partial charge in [0.1, 0.15) is 11.4 Å². The van der Waals surface area contributed by atoms with Crippen LogP contribution in [0.3, 0.4) is 0 Å².